The van der Waals surface area contributed by atoms with E-state index in [1.165, 1.54) is 29.1 Å². The summed E-state index contributed by atoms with van der Waals surface area (Å²) in [6.07, 6.45) is 0. The van der Waals surface area contributed by atoms with Crippen molar-refractivity contribution in [1.82, 2.24) is 0 Å². The van der Waals surface area contributed by atoms with Gasteiger partial charge in [-0.25, -0.2) is 18.6 Å². The number of hydrogen-bond donors (Lipinski definition) is 2. The van der Waals surface area contributed by atoms with Crippen LogP contribution in [0.2, 0.25) is 0 Å². The number of rotatable bonds is 5. The van der Waals surface area contributed by atoms with E-state index in [1.807, 2.05) is 0 Å². The summed E-state index contributed by atoms with van der Waals surface area (Å²) in [6.45, 7) is 10.7. The molecule has 0 amide bonds. The minimum Gasteiger partial charge on any atom is -0.369 e. The second-order valence-electron chi connectivity index (χ2n) is 7.39. The molecule has 10 nitrogen and oxygen atoms in total. The largest absolute Gasteiger partial charge is 0.369 e. The highest BCUT2D eigenvalue weighted by atomic mass is 35.7. The molecule has 0 aliphatic carbocycles. The van der Waals surface area contributed by atoms with E-state index in [-0.39, 0.29) is 4.90 Å². The van der Waals surface area contributed by atoms with Crippen molar-refractivity contribution in [3.8, 4) is 5.69 Å². The Bertz CT molecular complexity index is 993. The third-order valence-corrected chi connectivity index (χ3v) is 5.39. The third-order valence-electron chi connectivity index (χ3n) is 4.07. The van der Waals surface area contributed by atoms with E-state index < -0.39 is 26.2 Å². The minimum atomic E-state index is -4.94. The molecule has 0 bridgehead atoms. The van der Waals surface area contributed by atoms with Crippen molar-refractivity contribution in [2.45, 2.75) is 51.3 Å². The highest BCUT2D eigenvalue weighted by molar-refractivity contribution is 7.90. The van der Waals surface area contributed by atoms with E-state index in [9.17, 15) is 8.42 Å². The van der Waals surface area contributed by atoms with Gasteiger partial charge in [0.1, 0.15) is 0 Å². The zero-order valence-electron chi connectivity index (χ0n) is 17.9. The lowest BCUT2D eigenvalue weighted by Crippen LogP contribution is -2.68. The van der Waals surface area contributed by atoms with Crippen LogP contribution in [0.4, 0.5) is 0 Å². The molecule has 12 heteroatoms. The van der Waals surface area contributed by atoms with Gasteiger partial charge in [-0.05, 0) is 24.6 Å². The molecule has 0 fully saturated rings. The molecule has 0 aliphatic heterocycles. The lowest BCUT2D eigenvalue weighted by atomic mass is 10.0. The molecule has 0 radical (unpaired) electrons. The fourth-order valence-electron chi connectivity index (χ4n) is 2.89. The van der Waals surface area contributed by atoms with Crippen LogP contribution in [0, 0.1) is 17.2 Å². The molecule has 0 spiro atoms. The summed E-state index contributed by atoms with van der Waals surface area (Å²) in [7, 11) is -8.83. The van der Waals surface area contributed by atoms with E-state index in [4.69, 9.17) is 30.1 Å². The number of nitrogens with zero attached hydrogens (tertiary/aromatic N) is 2. The molecule has 2 aromatic rings. The Hall–Kier alpha value is -2.28. The Labute approximate surface area is 184 Å². The third kappa shape index (κ3) is 8.40. The first-order valence-corrected chi connectivity index (χ1v) is 11.8. The second kappa shape index (κ2) is 10.4. The molecule has 0 saturated heterocycles. The Kier molecular flexibility index (Phi) is 8.94. The van der Waals surface area contributed by atoms with Crippen LogP contribution in [0.15, 0.2) is 45.7 Å². The van der Waals surface area contributed by atoms with Gasteiger partial charge >= 0.3 is 0 Å². The molecule has 172 valence electrons. The summed E-state index contributed by atoms with van der Waals surface area (Å²) < 4.78 is 63.8. The standard InChI is InChI=1S/C19H27N4O2S.ClHO4/c1-12(2)17-10-14(5)11-18(13(3)4)23(17)15-6-8-16(9-7-15)26(24,25)22-19(20)21;2-1(3,4)5/h6-13H,1-5H3,(H4,20,21,22);(H,2,3,4,5)/q+1;/p-1. The molecule has 31 heavy (non-hydrogen) atoms. The minimum absolute atomic E-state index is 0.0551. The number of aromatic nitrogens is 1. The number of sulfonamides is 1. The van der Waals surface area contributed by atoms with Crippen molar-refractivity contribution in [3.63, 3.8) is 0 Å². The Morgan fingerprint density at radius 2 is 1.32 bits per heavy atom. The molecule has 1 aromatic carbocycles. The SMILES string of the molecule is Cc1cc(C(C)C)[n+](-c2ccc(S(=O)(=O)N=C(N)N)cc2)c(C(C)C)c1.[O-][Cl+3]([O-])([O-])[O-]. The van der Waals surface area contributed by atoms with Crippen molar-refractivity contribution in [2.75, 3.05) is 0 Å². The molecule has 4 N–H and O–H groups in total. The molecule has 0 atom stereocenters. The number of nitrogens with two attached hydrogens (primary N) is 2. The number of pyridine rings is 1. The predicted octanol–water partition coefficient (Wildman–Crippen LogP) is -2.28. The van der Waals surface area contributed by atoms with Gasteiger partial charge in [-0.3, -0.25) is 0 Å². The summed E-state index contributed by atoms with van der Waals surface area (Å²) in [5, 5.41) is 0. The summed E-state index contributed by atoms with van der Waals surface area (Å²) in [5.41, 5.74) is 14.9. The van der Waals surface area contributed by atoms with E-state index in [0.717, 1.165) is 5.69 Å². The highest BCUT2D eigenvalue weighted by Gasteiger charge is 2.25. The predicted molar refractivity (Wildman–Crippen MR) is 104 cm³/mol. The van der Waals surface area contributed by atoms with Crippen LogP contribution >= 0.6 is 0 Å². The number of hydrogen-bond acceptors (Lipinski definition) is 6. The van der Waals surface area contributed by atoms with Crippen molar-refractivity contribution < 1.29 is 41.9 Å². The van der Waals surface area contributed by atoms with Gasteiger partial charge in [0.05, 0.1) is 4.90 Å². The highest BCUT2D eigenvalue weighted by Crippen LogP contribution is 2.21. The maximum atomic E-state index is 12.1. The van der Waals surface area contributed by atoms with E-state index in [0.29, 0.717) is 11.8 Å². The quantitative estimate of drug-likeness (QED) is 0.274. The topological polar surface area (TPSA) is 195 Å². The number of halogens is 1. The first kappa shape index (κ1) is 26.8. The zero-order valence-corrected chi connectivity index (χ0v) is 19.5. The summed E-state index contributed by atoms with van der Waals surface area (Å²) in [6, 6.07) is 10.9. The van der Waals surface area contributed by atoms with Crippen molar-refractivity contribution in [1.29, 1.82) is 0 Å². The Morgan fingerprint density at radius 1 is 0.935 bits per heavy atom. The van der Waals surface area contributed by atoms with Gasteiger partial charge in [0.15, 0.2) is 11.4 Å². The molecule has 0 saturated carbocycles. The summed E-state index contributed by atoms with van der Waals surface area (Å²) in [5.74, 6) is 0.154. The van der Waals surface area contributed by atoms with E-state index >= 15 is 0 Å². The molecular formula is C19H27ClN4O6S. The van der Waals surface area contributed by atoms with Gasteiger partial charge in [0, 0.05) is 36.1 Å². The summed E-state index contributed by atoms with van der Waals surface area (Å²) in [4.78, 5) is 0.0551. The van der Waals surface area contributed by atoms with Crippen LogP contribution in [0.1, 0.15) is 56.5 Å². The van der Waals surface area contributed by atoms with Crippen LogP contribution in [-0.2, 0) is 10.0 Å². The molecule has 2 rings (SSSR count). The van der Waals surface area contributed by atoms with Crippen LogP contribution < -0.4 is 34.7 Å². The average molecular weight is 475 g/mol. The maximum Gasteiger partial charge on any atom is 0.285 e. The zero-order chi connectivity index (χ0) is 24.1. The number of guanidine groups is 1. The molecular weight excluding hydrogens is 448 g/mol. The van der Waals surface area contributed by atoms with Gasteiger partial charge in [-0.1, -0.05) is 27.7 Å². The van der Waals surface area contributed by atoms with Crippen molar-refractivity contribution in [2.24, 2.45) is 15.9 Å². The van der Waals surface area contributed by atoms with Gasteiger partial charge in [-0.2, -0.15) is 13.0 Å². The van der Waals surface area contributed by atoms with E-state index in [1.54, 1.807) is 12.1 Å². The normalized spacial score (nSPS) is 11.8. The lowest BCUT2D eigenvalue weighted by molar-refractivity contribution is -2.00. The molecule has 1 heterocycles. The maximum absolute atomic E-state index is 12.1. The monoisotopic (exact) mass is 474 g/mol. The fourth-order valence-corrected chi connectivity index (χ4v) is 3.76. The van der Waals surface area contributed by atoms with Crippen molar-refractivity contribution in [3.05, 3.63) is 53.3 Å². The average Bonchev–Trinajstić information content (AvgIpc) is 2.58. The fraction of sp³-hybridized carbons (Fsp3) is 0.368. The smallest absolute Gasteiger partial charge is 0.285 e. The van der Waals surface area contributed by atoms with Gasteiger partial charge in [-0.15, -0.1) is 14.6 Å². The molecule has 0 aliphatic rings. The van der Waals surface area contributed by atoms with Crippen LogP contribution in [0.3, 0.4) is 0 Å². The van der Waals surface area contributed by atoms with Crippen LogP contribution in [0.25, 0.3) is 5.69 Å². The Morgan fingerprint density at radius 3 is 1.65 bits per heavy atom. The lowest BCUT2D eigenvalue weighted by Gasteiger charge is -2.17. The first-order chi connectivity index (χ1) is 14.0. The van der Waals surface area contributed by atoms with Gasteiger partial charge in [0.2, 0.25) is 11.6 Å². The van der Waals surface area contributed by atoms with Gasteiger partial charge in [0.25, 0.3) is 10.0 Å². The van der Waals surface area contributed by atoms with Crippen LogP contribution in [0.5, 0.6) is 0 Å². The molecule has 1 aromatic heterocycles. The number of aryl methyl sites for hydroxylation is 1. The van der Waals surface area contributed by atoms with E-state index in [2.05, 4.69) is 55.7 Å². The van der Waals surface area contributed by atoms with Gasteiger partial charge < -0.3 is 11.5 Å². The number of benzene rings is 1. The Balaban J connectivity index is 0.000000861. The second-order valence-corrected chi connectivity index (χ2v) is 9.75. The first-order valence-electron chi connectivity index (χ1n) is 9.17. The molecule has 0 unspecified atom stereocenters. The summed E-state index contributed by atoms with van der Waals surface area (Å²) >= 11 is 0. The van der Waals surface area contributed by atoms with Crippen LogP contribution in [-0.4, -0.2) is 14.4 Å². The van der Waals surface area contributed by atoms with Crippen molar-refractivity contribution >= 4 is 16.0 Å².